The highest BCUT2D eigenvalue weighted by Crippen LogP contribution is 2.16. The smallest absolute Gasteiger partial charge is 0.0490 e. The van der Waals surface area contributed by atoms with Crippen molar-refractivity contribution >= 4 is 11.6 Å². The van der Waals surface area contributed by atoms with Crippen LogP contribution < -0.4 is 5.32 Å². The van der Waals surface area contributed by atoms with Gasteiger partial charge in [-0.1, -0.05) is 23.7 Å². The average Bonchev–Trinajstić information content (AvgIpc) is 2.76. The van der Waals surface area contributed by atoms with E-state index in [1.807, 2.05) is 25.1 Å². The lowest BCUT2D eigenvalue weighted by atomic mass is 10.1. The molecular formula is C12H14ClN3. The fourth-order valence-electron chi connectivity index (χ4n) is 1.54. The van der Waals surface area contributed by atoms with E-state index in [1.165, 1.54) is 5.56 Å². The van der Waals surface area contributed by atoms with Crippen LogP contribution in [0.4, 0.5) is 0 Å². The Hall–Kier alpha value is -1.32. The first kappa shape index (κ1) is 11.2. The maximum atomic E-state index is 5.96. The predicted octanol–water partition coefficient (Wildman–Crippen LogP) is 2.66. The van der Waals surface area contributed by atoms with Crippen LogP contribution in [0.3, 0.4) is 0 Å². The molecule has 0 amide bonds. The van der Waals surface area contributed by atoms with Crippen molar-refractivity contribution in [2.24, 2.45) is 0 Å². The van der Waals surface area contributed by atoms with Crippen molar-refractivity contribution in [1.82, 2.24) is 15.5 Å². The van der Waals surface area contributed by atoms with Crippen LogP contribution in [0.25, 0.3) is 0 Å². The van der Waals surface area contributed by atoms with E-state index in [2.05, 4.69) is 21.6 Å². The first-order chi connectivity index (χ1) is 7.75. The maximum absolute atomic E-state index is 5.96. The minimum Gasteiger partial charge on any atom is -0.307 e. The summed E-state index contributed by atoms with van der Waals surface area (Å²) in [5.74, 6) is 0. The van der Waals surface area contributed by atoms with Crippen LogP contribution >= 0.6 is 11.6 Å². The molecule has 3 nitrogen and oxygen atoms in total. The molecule has 1 aromatic heterocycles. The molecule has 1 heterocycles. The Morgan fingerprint density at radius 2 is 2.19 bits per heavy atom. The van der Waals surface area contributed by atoms with Gasteiger partial charge in [0.2, 0.25) is 0 Å². The van der Waals surface area contributed by atoms with Gasteiger partial charge in [0.15, 0.2) is 0 Å². The Bertz CT molecular complexity index is 451. The van der Waals surface area contributed by atoms with Gasteiger partial charge < -0.3 is 5.32 Å². The molecule has 16 heavy (non-hydrogen) atoms. The van der Waals surface area contributed by atoms with E-state index in [0.29, 0.717) is 0 Å². The van der Waals surface area contributed by atoms with Gasteiger partial charge in [0, 0.05) is 30.0 Å². The van der Waals surface area contributed by atoms with Crippen LogP contribution in [0.15, 0.2) is 30.5 Å². The van der Waals surface area contributed by atoms with Crippen molar-refractivity contribution in [2.45, 2.75) is 20.0 Å². The molecule has 0 saturated heterocycles. The summed E-state index contributed by atoms with van der Waals surface area (Å²) in [5.41, 5.74) is 3.44. The second-order valence-corrected chi connectivity index (χ2v) is 4.18. The topological polar surface area (TPSA) is 40.7 Å². The largest absolute Gasteiger partial charge is 0.307 e. The number of hydrogen-bond donors (Lipinski definition) is 2. The monoisotopic (exact) mass is 235 g/mol. The second-order valence-electron chi connectivity index (χ2n) is 3.77. The fourth-order valence-corrected chi connectivity index (χ4v) is 1.66. The summed E-state index contributed by atoms with van der Waals surface area (Å²) in [7, 11) is 0. The molecule has 0 atom stereocenters. The Kier molecular flexibility index (Phi) is 3.59. The lowest BCUT2D eigenvalue weighted by Gasteiger charge is -2.05. The third-order valence-corrected chi connectivity index (χ3v) is 2.85. The summed E-state index contributed by atoms with van der Waals surface area (Å²) < 4.78 is 0. The predicted molar refractivity (Wildman–Crippen MR) is 65.3 cm³/mol. The van der Waals surface area contributed by atoms with Crippen LogP contribution in [-0.4, -0.2) is 10.2 Å². The summed E-state index contributed by atoms with van der Waals surface area (Å²) >= 11 is 5.96. The molecule has 0 aliphatic heterocycles. The molecule has 1 aromatic carbocycles. The summed E-state index contributed by atoms with van der Waals surface area (Å²) in [5, 5.41) is 11.0. The standard InChI is InChI=1S/C12H14ClN3/c1-9-6-10(2-3-12(9)13)7-14-8-11-4-5-15-16-11/h2-6,14H,7-8H2,1H3,(H,15,16). The van der Waals surface area contributed by atoms with Crippen molar-refractivity contribution in [2.75, 3.05) is 0 Å². The molecule has 0 fully saturated rings. The maximum Gasteiger partial charge on any atom is 0.0490 e. The number of nitrogens with zero attached hydrogens (tertiary/aromatic N) is 1. The van der Waals surface area contributed by atoms with Crippen LogP contribution in [0, 0.1) is 6.92 Å². The minimum absolute atomic E-state index is 0.793. The van der Waals surface area contributed by atoms with Crippen LogP contribution in [-0.2, 0) is 13.1 Å². The number of aromatic amines is 1. The Morgan fingerprint density at radius 3 is 2.88 bits per heavy atom. The number of H-pyrrole nitrogens is 1. The highest BCUT2D eigenvalue weighted by molar-refractivity contribution is 6.31. The Balaban J connectivity index is 1.87. The summed E-state index contributed by atoms with van der Waals surface area (Å²) in [4.78, 5) is 0. The Morgan fingerprint density at radius 1 is 1.31 bits per heavy atom. The number of aromatic nitrogens is 2. The van der Waals surface area contributed by atoms with Gasteiger partial charge in [0.1, 0.15) is 0 Å². The summed E-state index contributed by atoms with van der Waals surface area (Å²) in [6.07, 6.45) is 1.75. The van der Waals surface area contributed by atoms with Gasteiger partial charge in [-0.15, -0.1) is 0 Å². The molecule has 2 aromatic rings. The third-order valence-electron chi connectivity index (χ3n) is 2.43. The highest BCUT2D eigenvalue weighted by Gasteiger charge is 1.98. The first-order valence-electron chi connectivity index (χ1n) is 5.20. The van der Waals surface area contributed by atoms with Crippen molar-refractivity contribution in [1.29, 1.82) is 0 Å². The van der Waals surface area contributed by atoms with E-state index < -0.39 is 0 Å². The van der Waals surface area contributed by atoms with E-state index >= 15 is 0 Å². The third kappa shape index (κ3) is 2.84. The molecule has 0 aliphatic carbocycles. The zero-order chi connectivity index (χ0) is 11.4. The van der Waals surface area contributed by atoms with Gasteiger partial charge in [-0.2, -0.15) is 5.10 Å². The fraction of sp³-hybridized carbons (Fsp3) is 0.250. The SMILES string of the molecule is Cc1cc(CNCc2ccn[nH]2)ccc1Cl. The van der Waals surface area contributed by atoms with E-state index in [9.17, 15) is 0 Å². The molecule has 0 radical (unpaired) electrons. The molecule has 0 unspecified atom stereocenters. The number of aryl methyl sites for hydroxylation is 1. The summed E-state index contributed by atoms with van der Waals surface area (Å²) in [6, 6.07) is 8.03. The molecule has 0 saturated carbocycles. The molecule has 2 N–H and O–H groups in total. The molecule has 0 spiro atoms. The van der Waals surface area contributed by atoms with Crippen LogP contribution in [0.1, 0.15) is 16.8 Å². The van der Waals surface area contributed by atoms with Crippen LogP contribution in [0.2, 0.25) is 5.02 Å². The first-order valence-corrected chi connectivity index (χ1v) is 5.57. The van der Waals surface area contributed by atoms with E-state index in [-0.39, 0.29) is 0 Å². The van der Waals surface area contributed by atoms with Gasteiger partial charge in [-0.25, -0.2) is 0 Å². The average molecular weight is 236 g/mol. The summed E-state index contributed by atoms with van der Waals surface area (Å²) in [6.45, 7) is 3.64. The van der Waals surface area contributed by atoms with Crippen molar-refractivity contribution in [3.63, 3.8) is 0 Å². The zero-order valence-corrected chi connectivity index (χ0v) is 9.88. The molecule has 0 bridgehead atoms. The van der Waals surface area contributed by atoms with Crippen molar-refractivity contribution < 1.29 is 0 Å². The number of halogens is 1. The minimum atomic E-state index is 0.793. The quantitative estimate of drug-likeness (QED) is 0.856. The lowest BCUT2D eigenvalue weighted by Crippen LogP contribution is -2.13. The number of benzene rings is 1. The normalized spacial score (nSPS) is 10.6. The van der Waals surface area contributed by atoms with Gasteiger partial charge in [0.05, 0.1) is 0 Å². The number of nitrogens with one attached hydrogen (secondary N) is 2. The Labute approximate surface area is 99.8 Å². The molecule has 4 heteroatoms. The zero-order valence-electron chi connectivity index (χ0n) is 9.13. The van der Waals surface area contributed by atoms with Crippen LogP contribution in [0.5, 0.6) is 0 Å². The van der Waals surface area contributed by atoms with Crippen molar-refractivity contribution in [3.8, 4) is 0 Å². The van der Waals surface area contributed by atoms with E-state index in [1.54, 1.807) is 6.20 Å². The van der Waals surface area contributed by atoms with Gasteiger partial charge in [-0.3, -0.25) is 5.10 Å². The highest BCUT2D eigenvalue weighted by atomic mass is 35.5. The molecular weight excluding hydrogens is 222 g/mol. The number of rotatable bonds is 4. The second kappa shape index (κ2) is 5.14. The van der Waals surface area contributed by atoms with Gasteiger partial charge >= 0.3 is 0 Å². The molecule has 0 aliphatic rings. The van der Waals surface area contributed by atoms with E-state index in [0.717, 1.165) is 29.4 Å². The lowest BCUT2D eigenvalue weighted by molar-refractivity contribution is 0.677. The van der Waals surface area contributed by atoms with Crippen molar-refractivity contribution in [3.05, 3.63) is 52.3 Å². The molecule has 2 rings (SSSR count). The van der Waals surface area contributed by atoms with Gasteiger partial charge in [-0.05, 0) is 30.2 Å². The molecule has 84 valence electrons. The number of hydrogen-bond acceptors (Lipinski definition) is 2. The van der Waals surface area contributed by atoms with Gasteiger partial charge in [0.25, 0.3) is 0 Å². The van der Waals surface area contributed by atoms with E-state index in [4.69, 9.17) is 11.6 Å².